The molecule has 0 aliphatic heterocycles. The predicted octanol–water partition coefficient (Wildman–Crippen LogP) is 2.40. The largest absolute Gasteiger partial charge is 0.392 e. The van der Waals surface area contributed by atoms with Crippen LogP contribution in [0.25, 0.3) is 20.2 Å². The van der Waals surface area contributed by atoms with Crippen molar-refractivity contribution in [2.24, 2.45) is 0 Å². The third-order valence-corrected chi connectivity index (χ3v) is 4.41. The van der Waals surface area contributed by atoms with Crippen LogP contribution in [0.3, 0.4) is 0 Å². The van der Waals surface area contributed by atoms with Gasteiger partial charge < -0.3 is 10.2 Å². The summed E-state index contributed by atoms with van der Waals surface area (Å²) in [5.74, 6) is 0. The van der Waals surface area contributed by atoms with E-state index in [9.17, 15) is 15.0 Å². The molecule has 0 saturated heterocycles. The SMILES string of the molecule is O=c1c2ccccc2sc2ccc(CO)c(CO)c12. The molecule has 0 atom stereocenters. The Morgan fingerprint density at radius 1 is 0.947 bits per heavy atom. The van der Waals surface area contributed by atoms with Crippen LogP contribution >= 0.6 is 11.3 Å². The fourth-order valence-corrected chi connectivity index (χ4v) is 3.44. The smallest absolute Gasteiger partial charge is 0.196 e. The van der Waals surface area contributed by atoms with Crippen molar-refractivity contribution in [2.45, 2.75) is 13.2 Å². The molecule has 0 saturated carbocycles. The van der Waals surface area contributed by atoms with Crippen molar-refractivity contribution >= 4 is 31.5 Å². The van der Waals surface area contributed by atoms with E-state index in [1.807, 2.05) is 24.3 Å². The number of benzene rings is 2. The summed E-state index contributed by atoms with van der Waals surface area (Å²) in [7, 11) is 0. The molecular formula is C15H12O3S. The van der Waals surface area contributed by atoms with Crippen LogP contribution in [0.2, 0.25) is 0 Å². The molecule has 2 aromatic carbocycles. The maximum atomic E-state index is 12.5. The van der Waals surface area contributed by atoms with Crippen LogP contribution < -0.4 is 5.43 Å². The summed E-state index contributed by atoms with van der Waals surface area (Å²) in [5.41, 5.74) is 1.06. The van der Waals surface area contributed by atoms with Gasteiger partial charge >= 0.3 is 0 Å². The second kappa shape index (κ2) is 4.74. The van der Waals surface area contributed by atoms with Gasteiger partial charge in [-0.1, -0.05) is 18.2 Å². The standard InChI is InChI=1S/C15H12O3S/c16-7-9-5-6-13-14(11(9)8-17)15(18)10-3-1-2-4-12(10)19-13/h1-6,16-17H,7-8H2. The van der Waals surface area contributed by atoms with Gasteiger partial charge in [0, 0.05) is 20.2 Å². The molecule has 4 heteroatoms. The minimum atomic E-state index is -0.243. The topological polar surface area (TPSA) is 57.5 Å². The van der Waals surface area contributed by atoms with E-state index in [4.69, 9.17) is 0 Å². The minimum Gasteiger partial charge on any atom is -0.392 e. The van der Waals surface area contributed by atoms with Gasteiger partial charge in [-0.2, -0.15) is 0 Å². The minimum absolute atomic E-state index is 0.0799. The van der Waals surface area contributed by atoms with Crippen molar-refractivity contribution in [3.05, 3.63) is 57.7 Å². The van der Waals surface area contributed by atoms with E-state index in [2.05, 4.69) is 0 Å². The average Bonchev–Trinajstić information content (AvgIpc) is 2.46. The molecule has 0 fully saturated rings. The Morgan fingerprint density at radius 2 is 1.74 bits per heavy atom. The molecule has 0 bridgehead atoms. The van der Waals surface area contributed by atoms with E-state index in [1.54, 1.807) is 12.1 Å². The van der Waals surface area contributed by atoms with E-state index in [-0.39, 0.29) is 18.6 Å². The summed E-state index contributed by atoms with van der Waals surface area (Å²) in [6.07, 6.45) is 0. The van der Waals surface area contributed by atoms with E-state index < -0.39 is 0 Å². The third kappa shape index (κ3) is 1.85. The molecule has 96 valence electrons. The highest BCUT2D eigenvalue weighted by atomic mass is 32.1. The fourth-order valence-electron chi connectivity index (χ4n) is 2.33. The first kappa shape index (κ1) is 12.3. The predicted molar refractivity (Wildman–Crippen MR) is 77.4 cm³/mol. The lowest BCUT2D eigenvalue weighted by Crippen LogP contribution is -2.06. The zero-order chi connectivity index (χ0) is 13.4. The lowest BCUT2D eigenvalue weighted by Gasteiger charge is -2.09. The fraction of sp³-hybridized carbons (Fsp3) is 0.133. The molecular weight excluding hydrogens is 260 g/mol. The zero-order valence-corrected chi connectivity index (χ0v) is 10.9. The Morgan fingerprint density at radius 3 is 2.47 bits per heavy atom. The molecule has 2 N–H and O–H groups in total. The van der Waals surface area contributed by atoms with Gasteiger partial charge in [0.1, 0.15) is 0 Å². The molecule has 0 aliphatic carbocycles. The first-order chi connectivity index (χ1) is 9.26. The number of fused-ring (bicyclic) bond motifs is 2. The van der Waals surface area contributed by atoms with Crippen LogP contribution in [0, 0.1) is 0 Å². The molecule has 0 spiro atoms. The summed E-state index contributed by atoms with van der Waals surface area (Å²) in [5, 5.41) is 20.0. The van der Waals surface area contributed by atoms with E-state index in [1.165, 1.54) is 11.3 Å². The van der Waals surface area contributed by atoms with Gasteiger partial charge in [0.15, 0.2) is 5.43 Å². The lowest BCUT2D eigenvalue weighted by atomic mass is 10.0. The molecule has 1 heterocycles. The van der Waals surface area contributed by atoms with Gasteiger partial charge in [-0.05, 0) is 29.3 Å². The van der Waals surface area contributed by atoms with Gasteiger partial charge in [-0.25, -0.2) is 0 Å². The number of hydrogen-bond acceptors (Lipinski definition) is 4. The number of aliphatic hydroxyl groups excluding tert-OH is 2. The number of hydrogen-bond donors (Lipinski definition) is 2. The molecule has 0 amide bonds. The summed E-state index contributed by atoms with van der Waals surface area (Å²) < 4.78 is 1.77. The first-order valence-electron chi connectivity index (χ1n) is 5.94. The van der Waals surface area contributed by atoms with Crippen LogP contribution in [-0.4, -0.2) is 10.2 Å². The molecule has 3 aromatic rings. The van der Waals surface area contributed by atoms with Crippen LogP contribution in [0.1, 0.15) is 11.1 Å². The van der Waals surface area contributed by atoms with Gasteiger partial charge in [-0.15, -0.1) is 11.3 Å². The number of aliphatic hydroxyl groups is 2. The summed E-state index contributed by atoms with van der Waals surface area (Å²) in [6, 6.07) is 11.0. The number of rotatable bonds is 2. The Kier molecular flexibility index (Phi) is 3.06. The van der Waals surface area contributed by atoms with Gasteiger partial charge in [0.25, 0.3) is 0 Å². The van der Waals surface area contributed by atoms with E-state index in [0.717, 1.165) is 9.40 Å². The summed E-state index contributed by atoms with van der Waals surface area (Å²) >= 11 is 1.52. The molecule has 19 heavy (non-hydrogen) atoms. The van der Waals surface area contributed by atoms with Crippen LogP contribution in [0.15, 0.2) is 41.2 Å². The van der Waals surface area contributed by atoms with Crippen molar-refractivity contribution in [1.29, 1.82) is 0 Å². The Hall–Kier alpha value is -1.75. The second-order valence-corrected chi connectivity index (χ2v) is 5.40. The molecule has 3 nitrogen and oxygen atoms in total. The van der Waals surface area contributed by atoms with Crippen LogP contribution in [-0.2, 0) is 13.2 Å². The van der Waals surface area contributed by atoms with E-state index in [0.29, 0.717) is 21.9 Å². The monoisotopic (exact) mass is 272 g/mol. The van der Waals surface area contributed by atoms with Crippen molar-refractivity contribution < 1.29 is 10.2 Å². The highest BCUT2D eigenvalue weighted by Crippen LogP contribution is 2.28. The Bertz CT molecular complexity index is 821. The van der Waals surface area contributed by atoms with Gasteiger partial charge in [0.2, 0.25) is 0 Å². The van der Waals surface area contributed by atoms with E-state index >= 15 is 0 Å². The zero-order valence-electron chi connectivity index (χ0n) is 10.1. The average molecular weight is 272 g/mol. The maximum absolute atomic E-state index is 12.5. The Labute approximate surface area is 113 Å². The molecule has 0 radical (unpaired) electrons. The third-order valence-electron chi connectivity index (χ3n) is 3.28. The molecule has 0 unspecified atom stereocenters. The van der Waals surface area contributed by atoms with Gasteiger partial charge in [-0.3, -0.25) is 4.79 Å². The molecule has 1 aromatic heterocycles. The van der Waals surface area contributed by atoms with Crippen molar-refractivity contribution in [2.75, 3.05) is 0 Å². The highest BCUT2D eigenvalue weighted by Gasteiger charge is 2.12. The first-order valence-corrected chi connectivity index (χ1v) is 6.76. The van der Waals surface area contributed by atoms with Crippen molar-refractivity contribution in [3.63, 3.8) is 0 Å². The molecule has 0 aliphatic rings. The summed E-state index contributed by atoms with van der Waals surface area (Å²) in [4.78, 5) is 12.5. The maximum Gasteiger partial charge on any atom is 0.196 e. The van der Waals surface area contributed by atoms with Crippen LogP contribution in [0.5, 0.6) is 0 Å². The van der Waals surface area contributed by atoms with Crippen LogP contribution in [0.4, 0.5) is 0 Å². The summed E-state index contributed by atoms with van der Waals surface area (Å²) in [6.45, 7) is -0.420. The lowest BCUT2D eigenvalue weighted by molar-refractivity contribution is 0.261. The Balaban J connectivity index is 2.56. The highest BCUT2D eigenvalue weighted by molar-refractivity contribution is 7.24. The van der Waals surface area contributed by atoms with Crippen molar-refractivity contribution in [1.82, 2.24) is 0 Å². The second-order valence-electron chi connectivity index (χ2n) is 4.32. The quantitative estimate of drug-likeness (QED) is 0.704. The normalized spacial score (nSPS) is 11.3. The molecule has 3 rings (SSSR count). The van der Waals surface area contributed by atoms with Gasteiger partial charge in [0.05, 0.1) is 13.2 Å². The van der Waals surface area contributed by atoms with Crippen molar-refractivity contribution in [3.8, 4) is 0 Å².